The van der Waals surface area contributed by atoms with E-state index < -0.39 is 5.97 Å². The van der Waals surface area contributed by atoms with Gasteiger partial charge in [0, 0.05) is 12.4 Å². The van der Waals surface area contributed by atoms with Crippen molar-refractivity contribution in [3.8, 4) is 11.4 Å². The first-order valence-corrected chi connectivity index (χ1v) is 10.4. The van der Waals surface area contributed by atoms with Crippen molar-refractivity contribution < 1.29 is 9.53 Å². The topological polar surface area (TPSA) is 79.0 Å². The van der Waals surface area contributed by atoms with Gasteiger partial charge in [-0.2, -0.15) is 5.10 Å². The number of rotatable bonds is 5. The number of aryl methyl sites for hydroxylation is 1. The van der Waals surface area contributed by atoms with Gasteiger partial charge in [-0.1, -0.05) is 24.3 Å². The molecule has 0 spiro atoms. The summed E-state index contributed by atoms with van der Waals surface area (Å²) in [5.41, 5.74) is 3.37. The zero-order valence-corrected chi connectivity index (χ0v) is 17.9. The van der Waals surface area contributed by atoms with Gasteiger partial charge in [0.1, 0.15) is 12.4 Å². The maximum absolute atomic E-state index is 13.0. The molecule has 0 aliphatic carbocycles. The number of benzene rings is 3. The summed E-state index contributed by atoms with van der Waals surface area (Å²) in [6, 6.07) is 23.5. The van der Waals surface area contributed by atoms with Crippen LogP contribution in [0.2, 0.25) is 0 Å². The first-order valence-electron chi connectivity index (χ1n) is 10.4. The molecule has 0 aliphatic heterocycles. The lowest BCUT2D eigenvalue weighted by atomic mass is 10.2. The Morgan fingerprint density at radius 2 is 1.64 bits per heavy atom. The highest BCUT2D eigenvalue weighted by Gasteiger charge is 2.12. The van der Waals surface area contributed by atoms with Crippen molar-refractivity contribution >= 4 is 16.9 Å². The number of nitrogens with zero attached hydrogens (tertiary/aromatic N) is 4. The van der Waals surface area contributed by atoms with Crippen molar-refractivity contribution in [2.45, 2.75) is 13.5 Å². The number of ether oxygens (including phenoxy) is 1. The molecule has 7 heteroatoms. The monoisotopic (exact) mass is 436 g/mol. The van der Waals surface area contributed by atoms with E-state index in [1.54, 1.807) is 52.7 Å². The minimum Gasteiger partial charge on any atom is -0.457 e. The molecule has 33 heavy (non-hydrogen) atoms. The van der Waals surface area contributed by atoms with Crippen LogP contribution in [-0.4, -0.2) is 25.3 Å². The molecule has 2 heterocycles. The highest BCUT2D eigenvalue weighted by atomic mass is 16.5. The fourth-order valence-electron chi connectivity index (χ4n) is 3.69. The van der Waals surface area contributed by atoms with Crippen LogP contribution < -0.4 is 5.56 Å². The molecule has 7 nitrogen and oxygen atoms in total. The molecule has 0 aliphatic rings. The molecule has 0 radical (unpaired) electrons. The van der Waals surface area contributed by atoms with Crippen LogP contribution >= 0.6 is 0 Å². The highest BCUT2D eigenvalue weighted by molar-refractivity contribution is 5.89. The lowest BCUT2D eigenvalue weighted by molar-refractivity contribution is 0.0472. The third-order valence-electron chi connectivity index (χ3n) is 5.38. The van der Waals surface area contributed by atoms with Gasteiger partial charge in [0.25, 0.3) is 5.56 Å². The largest absolute Gasteiger partial charge is 0.457 e. The van der Waals surface area contributed by atoms with Crippen LogP contribution in [0.25, 0.3) is 22.3 Å². The van der Waals surface area contributed by atoms with E-state index in [1.165, 1.54) is 0 Å². The highest BCUT2D eigenvalue weighted by Crippen LogP contribution is 2.15. The van der Waals surface area contributed by atoms with Gasteiger partial charge in [0.05, 0.1) is 27.8 Å². The molecule has 0 fully saturated rings. The Labute approximate surface area is 189 Å². The number of hydrogen-bond acceptors (Lipinski definition) is 5. The second-order valence-electron chi connectivity index (χ2n) is 7.56. The normalized spacial score (nSPS) is 10.9. The Bertz CT molecular complexity index is 1490. The van der Waals surface area contributed by atoms with E-state index >= 15 is 0 Å². The number of para-hydroxylation sites is 1. The fraction of sp³-hybridized carbons (Fsp3) is 0.0769. The summed E-state index contributed by atoms with van der Waals surface area (Å²) in [5.74, 6) is 0.144. The SMILES string of the molecule is Cc1nc2ccccc2c(=O)n1-c1ccc(C(=O)OCc2ccc(-n3cccn3)cc2)cc1. The Hall–Kier alpha value is -4.52. The van der Waals surface area contributed by atoms with E-state index in [4.69, 9.17) is 4.74 Å². The van der Waals surface area contributed by atoms with Gasteiger partial charge in [0.15, 0.2) is 0 Å². The molecule has 0 saturated heterocycles. The van der Waals surface area contributed by atoms with E-state index in [-0.39, 0.29) is 12.2 Å². The van der Waals surface area contributed by atoms with Gasteiger partial charge >= 0.3 is 5.97 Å². The van der Waals surface area contributed by atoms with Crippen molar-refractivity contribution in [2.75, 3.05) is 0 Å². The van der Waals surface area contributed by atoms with Crippen molar-refractivity contribution in [1.29, 1.82) is 0 Å². The standard InChI is InChI=1S/C26H20N4O3/c1-18-28-24-6-3-2-5-23(24)25(31)30(18)22-13-9-20(10-14-22)26(32)33-17-19-7-11-21(12-8-19)29-16-4-15-27-29/h2-16H,17H2,1H3. The molecular formula is C26H20N4O3. The Morgan fingerprint density at radius 1 is 0.909 bits per heavy atom. The quantitative estimate of drug-likeness (QED) is 0.385. The van der Waals surface area contributed by atoms with Gasteiger partial charge in [-0.3, -0.25) is 9.36 Å². The van der Waals surface area contributed by atoms with E-state index in [0.717, 1.165) is 11.3 Å². The predicted molar refractivity (Wildman–Crippen MR) is 125 cm³/mol. The van der Waals surface area contributed by atoms with Crippen LogP contribution in [-0.2, 0) is 11.3 Å². The molecule has 0 unspecified atom stereocenters. The fourth-order valence-corrected chi connectivity index (χ4v) is 3.69. The van der Waals surface area contributed by atoms with E-state index in [9.17, 15) is 9.59 Å². The first-order chi connectivity index (χ1) is 16.1. The van der Waals surface area contributed by atoms with E-state index in [0.29, 0.717) is 28.0 Å². The maximum atomic E-state index is 13.0. The lowest BCUT2D eigenvalue weighted by Crippen LogP contribution is -2.22. The van der Waals surface area contributed by atoms with Gasteiger partial charge < -0.3 is 4.74 Å². The molecule has 5 rings (SSSR count). The zero-order valence-electron chi connectivity index (χ0n) is 17.9. The summed E-state index contributed by atoms with van der Waals surface area (Å²) < 4.78 is 8.75. The molecule has 0 bridgehead atoms. The van der Waals surface area contributed by atoms with Crippen molar-refractivity contribution in [2.24, 2.45) is 0 Å². The number of aromatic nitrogens is 4. The average Bonchev–Trinajstić information content (AvgIpc) is 3.38. The van der Waals surface area contributed by atoms with Gasteiger partial charge in [-0.05, 0) is 67.1 Å². The van der Waals surface area contributed by atoms with Crippen LogP contribution in [0.15, 0.2) is 96.1 Å². The first kappa shape index (κ1) is 20.4. The summed E-state index contributed by atoms with van der Waals surface area (Å²) in [5, 5.41) is 4.74. The molecule has 3 aromatic carbocycles. The summed E-state index contributed by atoms with van der Waals surface area (Å²) >= 11 is 0. The number of hydrogen-bond donors (Lipinski definition) is 0. The predicted octanol–water partition coefficient (Wildman–Crippen LogP) is 4.24. The van der Waals surface area contributed by atoms with E-state index in [1.807, 2.05) is 54.7 Å². The van der Waals surface area contributed by atoms with Crippen molar-refractivity contribution in [3.63, 3.8) is 0 Å². The Kier molecular flexibility index (Phi) is 5.28. The Morgan fingerprint density at radius 3 is 2.36 bits per heavy atom. The van der Waals surface area contributed by atoms with E-state index in [2.05, 4.69) is 10.1 Å². The molecule has 2 aromatic heterocycles. The third-order valence-corrected chi connectivity index (χ3v) is 5.38. The average molecular weight is 436 g/mol. The van der Waals surface area contributed by atoms with Crippen LogP contribution in [0.4, 0.5) is 0 Å². The summed E-state index contributed by atoms with van der Waals surface area (Å²) in [4.78, 5) is 30.0. The van der Waals surface area contributed by atoms with Crippen molar-refractivity contribution in [1.82, 2.24) is 19.3 Å². The second kappa shape index (κ2) is 8.55. The third kappa shape index (κ3) is 4.04. The molecule has 0 N–H and O–H groups in total. The maximum Gasteiger partial charge on any atom is 0.338 e. The molecule has 0 atom stereocenters. The summed E-state index contributed by atoms with van der Waals surface area (Å²) in [6.45, 7) is 1.95. The minimum atomic E-state index is -0.432. The number of carbonyl (C=O) groups excluding carboxylic acids is 1. The Balaban J connectivity index is 1.30. The molecule has 0 amide bonds. The van der Waals surface area contributed by atoms with Gasteiger partial charge in [-0.25, -0.2) is 14.5 Å². The minimum absolute atomic E-state index is 0.146. The number of esters is 1. The summed E-state index contributed by atoms with van der Waals surface area (Å²) in [6.07, 6.45) is 3.58. The van der Waals surface area contributed by atoms with Gasteiger partial charge in [0.2, 0.25) is 0 Å². The van der Waals surface area contributed by atoms with Gasteiger partial charge in [-0.15, -0.1) is 0 Å². The van der Waals surface area contributed by atoms with Crippen LogP contribution in [0.5, 0.6) is 0 Å². The second-order valence-corrected chi connectivity index (χ2v) is 7.56. The zero-order chi connectivity index (χ0) is 22.8. The number of carbonyl (C=O) groups is 1. The smallest absolute Gasteiger partial charge is 0.338 e. The molecular weight excluding hydrogens is 416 g/mol. The van der Waals surface area contributed by atoms with Crippen LogP contribution in [0.3, 0.4) is 0 Å². The van der Waals surface area contributed by atoms with Crippen LogP contribution in [0.1, 0.15) is 21.7 Å². The summed E-state index contributed by atoms with van der Waals surface area (Å²) in [7, 11) is 0. The molecule has 5 aromatic rings. The molecule has 162 valence electrons. The van der Waals surface area contributed by atoms with Crippen LogP contribution in [0, 0.1) is 6.92 Å². The lowest BCUT2D eigenvalue weighted by Gasteiger charge is -2.11. The number of fused-ring (bicyclic) bond motifs is 1. The van der Waals surface area contributed by atoms with Crippen molar-refractivity contribution in [3.05, 3.63) is 119 Å². The molecule has 0 saturated carbocycles.